The van der Waals surface area contributed by atoms with Crippen LogP contribution >= 0.6 is 0 Å². The van der Waals surface area contributed by atoms with Crippen LogP contribution in [0.1, 0.15) is 30.8 Å². The largest absolute Gasteiger partial charge is 0.497 e. The van der Waals surface area contributed by atoms with E-state index in [1.54, 1.807) is 7.11 Å². The molecule has 0 aliphatic carbocycles. The normalized spacial score (nSPS) is 10.7. The Morgan fingerprint density at radius 3 is 2.58 bits per heavy atom. The molecule has 0 fully saturated rings. The summed E-state index contributed by atoms with van der Waals surface area (Å²) in [6, 6.07) is 7.96. The number of aromatic nitrogens is 2. The molecule has 2 N–H and O–H groups in total. The number of nitrogen functional groups attached to an aromatic ring is 1. The van der Waals surface area contributed by atoms with Crippen molar-refractivity contribution in [2.24, 2.45) is 0 Å². The summed E-state index contributed by atoms with van der Waals surface area (Å²) in [7, 11) is 1.65. The number of nitrogens with two attached hydrogens (primary N) is 1. The predicted molar refractivity (Wildman–Crippen MR) is 77.5 cm³/mol. The fourth-order valence-corrected chi connectivity index (χ4v) is 2.18. The molecule has 2 rings (SSSR count). The molecule has 0 unspecified atom stereocenters. The molecule has 19 heavy (non-hydrogen) atoms. The van der Waals surface area contributed by atoms with Crippen LogP contribution in [0.15, 0.2) is 24.3 Å². The fraction of sp³-hybridized carbons (Fsp3) is 0.400. The summed E-state index contributed by atoms with van der Waals surface area (Å²) in [5.74, 6) is 0.788. The molecule has 4 heteroatoms. The number of hydrogen-bond acceptors (Lipinski definition) is 3. The van der Waals surface area contributed by atoms with E-state index in [1.165, 1.54) is 5.69 Å². The molecule has 102 valence electrons. The minimum Gasteiger partial charge on any atom is -0.497 e. The van der Waals surface area contributed by atoms with Gasteiger partial charge in [0.05, 0.1) is 19.3 Å². The number of aryl methyl sites for hydroxylation is 2. The second-order valence-electron chi connectivity index (χ2n) is 4.61. The van der Waals surface area contributed by atoms with Crippen LogP contribution in [0.25, 0.3) is 0 Å². The van der Waals surface area contributed by atoms with Crippen molar-refractivity contribution in [2.75, 3.05) is 12.8 Å². The number of benzene rings is 1. The SMILES string of the molecule is CCc1cc(CC)n(Cc2cc(N)cc(OC)c2)n1. The topological polar surface area (TPSA) is 53.1 Å². The van der Waals surface area contributed by atoms with Gasteiger partial charge in [0, 0.05) is 17.4 Å². The average Bonchev–Trinajstić information content (AvgIpc) is 2.80. The van der Waals surface area contributed by atoms with Crippen LogP contribution in [0, 0.1) is 0 Å². The Labute approximate surface area is 114 Å². The summed E-state index contributed by atoms with van der Waals surface area (Å²) < 4.78 is 7.30. The molecular weight excluding hydrogens is 238 g/mol. The molecule has 0 saturated heterocycles. The quantitative estimate of drug-likeness (QED) is 0.840. The highest BCUT2D eigenvalue weighted by Gasteiger charge is 2.07. The molecule has 0 radical (unpaired) electrons. The number of methoxy groups -OCH3 is 1. The zero-order chi connectivity index (χ0) is 13.8. The van der Waals surface area contributed by atoms with Gasteiger partial charge in [0.1, 0.15) is 5.75 Å². The number of nitrogens with zero attached hydrogens (tertiary/aromatic N) is 2. The van der Waals surface area contributed by atoms with E-state index in [2.05, 4.69) is 25.0 Å². The van der Waals surface area contributed by atoms with Crippen LogP contribution in [0.2, 0.25) is 0 Å². The van der Waals surface area contributed by atoms with Gasteiger partial charge in [-0.1, -0.05) is 13.8 Å². The molecule has 2 aromatic rings. The number of rotatable bonds is 5. The van der Waals surface area contributed by atoms with Gasteiger partial charge in [0.15, 0.2) is 0 Å². The van der Waals surface area contributed by atoms with Crippen LogP contribution in [0.5, 0.6) is 5.75 Å². The highest BCUT2D eigenvalue weighted by Crippen LogP contribution is 2.20. The molecule has 0 saturated carbocycles. The van der Waals surface area contributed by atoms with Gasteiger partial charge in [-0.2, -0.15) is 5.10 Å². The van der Waals surface area contributed by atoms with Gasteiger partial charge >= 0.3 is 0 Å². The van der Waals surface area contributed by atoms with Gasteiger partial charge in [-0.05, 0) is 36.6 Å². The van der Waals surface area contributed by atoms with Crippen molar-refractivity contribution in [3.05, 3.63) is 41.2 Å². The molecule has 4 nitrogen and oxygen atoms in total. The zero-order valence-corrected chi connectivity index (χ0v) is 11.8. The highest BCUT2D eigenvalue weighted by atomic mass is 16.5. The lowest BCUT2D eigenvalue weighted by Crippen LogP contribution is -2.06. The second kappa shape index (κ2) is 5.78. The number of ether oxygens (including phenoxy) is 1. The van der Waals surface area contributed by atoms with Crippen molar-refractivity contribution in [1.82, 2.24) is 9.78 Å². The Kier molecular flexibility index (Phi) is 4.10. The van der Waals surface area contributed by atoms with E-state index in [4.69, 9.17) is 10.5 Å². The first kappa shape index (κ1) is 13.5. The van der Waals surface area contributed by atoms with E-state index in [-0.39, 0.29) is 0 Å². The Morgan fingerprint density at radius 1 is 1.16 bits per heavy atom. The third-order valence-electron chi connectivity index (χ3n) is 3.20. The third kappa shape index (κ3) is 3.08. The van der Waals surface area contributed by atoms with Crippen molar-refractivity contribution in [2.45, 2.75) is 33.2 Å². The molecule has 1 aromatic heterocycles. The highest BCUT2D eigenvalue weighted by molar-refractivity contribution is 5.47. The van der Waals surface area contributed by atoms with E-state index < -0.39 is 0 Å². The number of anilines is 1. The zero-order valence-electron chi connectivity index (χ0n) is 11.8. The molecule has 0 amide bonds. The van der Waals surface area contributed by atoms with Crippen molar-refractivity contribution in [1.29, 1.82) is 0 Å². The molecular formula is C15H21N3O. The van der Waals surface area contributed by atoms with Crippen LogP contribution < -0.4 is 10.5 Å². The summed E-state index contributed by atoms with van der Waals surface area (Å²) in [5, 5.41) is 4.62. The van der Waals surface area contributed by atoms with Gasteiger partial charge in [-0.15, -0.1) is 0 Å². The summed E-state index contributed by atoms with van der Waals surface area (Å²) in [5.41, 5.74) is 10.1. The monoisotopic (exact) mass is 259 g/mol. The smallest absolute Gasteiger partial charge is 0.121 e. The third-order valence-corrected chi connectivity index (χ3v) is 3.20. The van der Waals surface area contributed by atoms with Crippen molar-refractivity contribution in [3.8, 4) is 5.75 Å². The summed E-state index contributed by atoms with van der Waals surface area (Å²) >= 11 is 0. The second-order valence-corrected chi connectivity index (χ2v) is 4.61. The van der Waals surface area contributed by atoms with Crippen molar-refractivity contribution >= 4 is 5.69 Å². The Bertz CT molecular complexity index is 561. The van der Waals surface area contributed by atoms with Gasteiger partial charge < -0.3 is 10.5 Å². The maximum atomic E-state index is 5.88. The lowest BCUT2D eigenvalue weighted by molar-refractivity contribution is 0.414. The van der Waals surface area contributed by atoms with Crippen molar-refractivity contribution < 1.29 is 4.74 Å². The lowest BCUT2D eigenvalue weighted by Gasteiger charge is -2.09. The lowest BCUT2D eigenvalue weighted by atomic mass is 10.2. The fourth-order valence-electron chi connectivity index (χ4n) is 2.18. The number of hydrogen-bond donors (Lipinski definition) is 1. The molecule has 0 bridgehead atoms. The summed E-state index contributed by atoms with van der Waals surface area (Å²) in [6.07, 6.45) is 1.94. The Morgan fingerprint density at radius 2 is 1.95 bits per heavy atom. The van der Waals surface area contributed by atoms with Gasteiger partial charge in [-0.25, -0.2) is 0 Å². The summed E-state index contributed by atoms with van der Waals surface area (Å²) in [4.78, 5) is 0. The van der Waals surface area contributed by atoms with Crippen LogP contribution in [0.4, 0.5) is 5.69 Å². The Hall–Kier alpha value is -1.97. The standard InChI is InChI=1S/C15H21N3O/c1-4-13-9-14(5-2)18(17-13)10-11-6-12(16)8-15(7-11)19-3/h6-9H,4-5,10,16H2,1-3H3. The van der Waals surface area contributed by atoms with E-state index in [9.17, 15) is 0 Å². The van der Waals surface area contributed by atoms with Crippen molar-refractivity contribution in [3.63, 3.8) is 0 Å². The molecule has 1 heterocycles. The predicted octanol–water partition coefficient (Wildman–Crippen LogP) is 2.65. The minimum absolute atomic E-state index is 0.718. The average molecular weight is 259 g/mol. The van der Waals surface area contributed by atoms with Gasteiger partial charge in [0.2, 0.25) is 0 Å². The van der Waals surface area contributed by atoms with E-state index in [0.29, 0.717) is 0 Å². The molecule has 0 aliphatic rings. The van der Waals surface area contributed by atoms with Gasteiger partial charge in [0.25, 0.3) is 0 Å². The maximum absolute atomic E-state index is 5.88. The maximum Gasteiger partial charge on any atom is 0.121 e. The van der Waals surface area contributed by atoms with Crippen LogP contribution in [-0.4, -0.2) is 16.9 Å². The molecule has 0 spiro atoms. The first-order chi connectivity index (χ1) is 9.16. The first-order valence-electron chi connectivity index (χ1n) is 6.65. The van der Waals surface area contributed by atoms with E-state index >= 15 is 0 Å². The van der Waals surface area contributed by atoms with E-state index in [0.717, 1.165) is 42.1 Å². The summed E-state index contributed by atoms with van der Waals surface area (Å²) in [6.45, 7) is 4.99. The molecule has 0 aliphatic heterocycles. The van der Waals surface area contributed by atoms with Gasteiger partial charge in [-0.3, -0.25) is 4.68 Å². The first-order valence-corrected chi connectivity index (χ1v) is 6.65. The minimum atomic E-state index is 0.718. The van der Waals surface area contributed by atoms with Crippen LogP contribution in [-0.2, 0) is 19.4 Å². The van der Waals surface area contributed by atoms with E-state index in [1.807, 2.05) is 22.9 Å². The molecule has 1 aromatic carbocycles. The Balaban J connectivity index is 2.29. The van der Waals surface area contributed by atoms with Crippen LogP contribution in [0.3, 0.4) is 0 Å². The molecule has 0 atom stereocenters.